The Labute approximate surface area is 298 Å². The largest absolute Gasteiger partial charge is 0.309 e. The highest BCUT2D eigenvalue weighted by atomic mass is 15.0. The second kappa shape index (κ2) is 10.3. The van der Waals surface area contributed by atoms with Gasteiger partial charge in [-0.05, 0) is 100 Å². The van der Waals surface area contributed by atoms with Crippen LogP contribution in [-0.2, 0) is 0 Å². The lowest BCUT2D eigenvalue weighted by Gasteiger charge is -2.11. The lowest BCUT2D eigenvalue weighted by molar-refractivity contribution is 1.15. The summed E-state index contributed by atoms with van der Waals surface area (Å²) < 4.78 is 4.77. The third kappa shape index (κ3) is 3.75. The van der Waals surface area contributed by atoms with Crippen LogP contribution in [0.1, 0.15) is 0 Å². The van der Waals surface area contributed by atoms with Crippen LogP contribution in [-0.4, -0.2) is 19.1 Å². The van der Waals surface area contributed by atoms with Crippen molar-refractivity contribution >= 4 is 65.3 Å². The summed E-state index contributed by atoms with van der Waals surface area (Å²) in [5, 5.41) is 8.60. The smallest absolute Gasteiger partial charge is 0.0789 e. The van der Waals surface area contributed by atoms with E-state index in [1.807, 2.05) is 12.4 Å². The Morgan fingerprint density at radius 2 is 1.06 bits per heavy atom. The second-order valence-corrected chi connectivity index (χ2v) is 13.9. The molecular weight excluding hydrogens is 633 g/mol. The van der Waals surface area contributed by atoms with Crippen LogP contribution in [0.5, 0.6) is 0 Å². The monoisotopic (exact) mass is 660 g/mol. The summed E-state index contributed by atoms with van der Waals surface area (Å²) in [5.41, 5.74) is 14.9. The Kier molecular flexibility index (Phi) is 5.47. The first kappa shape index (κ1) is 27.7. The first-order valence-corrected chi connectivity index (χ1v) is 17.7. The second-order valence-electron chi connectivity index (χ2n) is 13.9. The predicted molar refractivity (Wildman–Crippen MR) is 216 cm³/mol. The molecule has 4 heterocycles. The van der Waals surface area contributed by atoms with Gasteiger partial charge in [-0.3, -0.25) is 9.97 Å². The van der Waals surface area contributed by atoms with Crippen molar-refractivity contribution in [1.29, 1.82) is 0 Å². The Morgan fingerprint density at radius 1 is 0.385 bits per heavy atom. The van der Waals surface area contributed by atoms with Gasteiger partial charge in [0.05, 0.1) is 45.2 Å². The van der Waals surface area contributed by atoms with Gasteiger partial charge in [0.1, 0.15) is 0 Å². The Bertz CT molecular complexity index is 3290. The number of pyridine rings is 2. The molecule has 0 fully saturated rings. The molecule has 0 bridgehead atoms. The van der Waals surface area contributed by atoms with Crippen LogP contribution >= 0.6 is 0 Å². The normalized spacial score (nSPS) is 12.2. The fourth-order valence-corrected chi connectivity index (χ4v) is 8.79. The van der Waals surface area contributed by atoms with Gasteiger partial charge in [0, 0.05) is 49.9 Å². The van der Waals surface area contributed by atoms with E-state index in [9.17, 15) is 0 Å². The maximum atomic E-state index is 5.12. The minimum absolute atomic E-state index is 1.01. The zero-order valence-corrected chi connectivity index (χ0v) is 28.0. The van der Waals surface area contributed by atoms with Gasteiger partial charge in [-0.1, -0.05) is 84.9 Å². The van der Waals surface area contributed by atoms with E-state index in [4.69, 9.17) is 4.98 Å². The quantitative estimate of drug-likeness (QED) is 0.189. The summed E-state index contributed by atoms with van der Waals surface area (Å²) >= 11 is 0. The topological polar surface area (TPSA) is 35.6 Å². The first-order chi connectivity index (χ1) is 25.8. The number of hydrogen-bond acceptors (Lipinski definition) is 2. The maximum Gasteiger partial charge on any atom is 0.0789 e. The third-order valence-electron chi connectivity index (χ3n) is 11.1. The summed E-state index contributed by atoms with van der Waals surface area (Å²) in [5.74, 6) is 0. The van der Waals surface area contributed by atoms with Gasteiger partial charge in [0.15, 0.2) is 0 Å². The van der Waals surface area contributed by atoms with Crippen molar-refractivity contribution in [3.05, 3.63) is 170 Å². The number of aromatic nitrogens is 4. The number of fused-ring (bicyclic) bond motifs is 10. The van der Waals surface area contributed by atoms with Gasteiger partial charge >= 0.3 is 0 Å². The summed E-state index contributed by atoms with van der Waals surface area (Å²) in [6.07, 6.45) is 3.93. The van der Waals surface area contributed by atoms with E-state index < -0.39 is 0 Å². The molecule has 0 radical (unpaired) electrons. The van der Waals surface area contributed by atoms with Gasteiger partial charge in [-0.15, -0.1) is 0 Å². The highest BCUT2D eigenvalue weighted by Gasteiger charge is 2.24. The average molecular weight is 661 g/mol. The van der Waals surface area contributed by atoms with Crippen LogP contribution in [0.3, 0.4) is 0 Å². The number of rotatable bonds is 3. The zero-order chi connectivity index (χ0) is 33.9. The molecule has 0 saturated heterocycles. The summed E-state index contributed by atoms with van der Waals surface area (Å²) in [6, 6.07) is 57.4. The van der Waals surface area contributed by atoms with E-state index >= 15 is 0 Å². The highest BCUT2D eigenvalue weighted by Crippen LogP contribution is 2.47. The van der Waals surface area contributed by atoms with Crippen LogP contribution in [0, 0.1) is 0 Å². The van der Waals surface area contributed by atoms with Crippen LogP contribution in [0.4, 0.5) is 0 Å². The van der Waals surface area contributed by atoms with Gasteiger partial charge in [-0.25, -0.2) is 0 Å². The number of hydrogen-bond donors (Lipinski definition) is 0. The summed E-state index contributed by atoms with van der Waals surface area (Å²) in [4.78, 5) is 9.78. The molecule has 0 amide bonds. The van der Waals surface area contributed by atoms with E-state index in [2.05, 4.69) is 172 Å². The molecule has 11 aromatic rings. The van der Waals surface area contributed by atoms with Crippen molar-refractivity contribution in [3.8, 4) is 44.9 Å². The van der Waals surface area contributed by atoms with Crippen molar-refractivity contribution < 1.29 is 0 Å². The van der Waals surface area contributed by atoms with Crippen molar-refractivity contribution in [1.82, 2.24) is 19.1 Å². The van der Waals surface area contributed by atoms with Crippen LogP contribution in [0.15, 0.2) is 170 Å². The predicted octanol–water partition coefficient (Wildman–Crippen LogP) is 12.3. The number of benzene rings is 7. The first-order valence-electron chi connectivity index (χ1n) is 17.7. The molecule has 4 nitrogen and oxygen atoms in total. The van der Waals surface area contributed by atoms with Crippen LogP contribution < -0.4 is 0 Å². The van der Waals surface area contributed by atoms with Crippen LogP contribution in [0.25, 0.3) is 110 Å². The average Bonchev–Trinajstić information content (AvgIpc) is 3.83. The molecule has 240 valence electrons. The third-order valence-corrected chi connectivity index (χ3v) is 11.1. The Morgan fingerprint density at radius 3 is 1.88 bits per heavy atom. The van der Waals surface area contributed by atoms with Gasteiger partial charge in [0.2, 0.25) is 0 Å². The molecule has 0 atom stereocenters. The lowest BCUT2D eigenvalue weighted by atomic mass is 10.00. The van der Waals surface area contributed by atoms with Crippen molar-refractivity contribution in [2.45, 2.75) is 0 Å². The standard InChI is InChI=1S/C48H28N4/c1-2-11-33(12-3-1)51-43-16-7-6-13-35(43)38-24-31(17-19-44(38)51)32-18-20-45-39(25-32)40-23-29-9-4-5-10-30(29)26-46(40)52(45)34-27-41-36-14-8-15-42-47(36)37(21-22-49-42)48(41)50-28-34/h1-28H. The fourth-order valence-electron chi connectivity index (χ4n) is 8.79. The molecule has 4 heteroatoms. The molecule has 12 rings (SSSR count). The molecule has 1 aliphatic carbocycles. The number of para-hydroxylation sites is 2. The fraction of sp³-hybridized carbons (Fsp3) is 0. The van der Waals surface area contributed by atoms with E-state index in [0.717, 1.165) is 33.5 Å². The summed E-state index contributed by atoms with van der Waals surface area (Å²) in [6.45, 7) is 0. The van der Waals surface area contributed by atoms with Crippen molar-refractivity contribution in [3.63, 3.8) is 0 Å². The van der Waals surface area contributed by atoms with E-state index in [-0.39, 0.29) is 0 Å². The molecule has 4 aromatic heterocycles. The minimum atomic E-state index is 1.01. The molecule has 0 N–H and O–H groups in total. The molecule has 0 spiro atoms. The van der Waals surface area contributed by atoms with Crippen molar-refractivity contribution in [2.75, 3.05) is 0 Å². The minimum Gasteiger partial charge on any atom is -0.309 e. The van der Waals surface area contributed by atoms with E-state index in [1.165, 1.54) is 76.6 Å². The van der Waals surface area contributed by atoms with Gasteiger partial charge in [-0.2, -0.15) is 0 Å². The van der Waals surface area contributed by atoms with E-state index in [0.29, 0.717) is 0 Å². The van der Waals surface area contributed by atoms with Gasteiger partial charge < -0.3 is 9.13 Å². The van der Waals surface area contributed by atoms with Crippen molar-refractivity contribution in [2.24, 2.45) is 0 Å². The molecule has 0 saturated carbocycles. The maximum absolute atomic E-state index is 5.12. The SMILES string of the molecule is c1ccc(-n2c3ccccc3c3cc(-c4ccc5c(c4)c4cc6ccccc6cc4n5-c4cnc5c(c4)-c4cccc6nccc-5c46)ccc32)cc1. The molecular formula is C48H28N4. The Balaban J connectivity index is 1.09. The van der Waals surface area contributed by atoms with E-state index in [1.54, 1.807) is 0 Å². The molecule has 1 aliphatic rings. The van der Waals surface area contributed by atoms with Crippen LogP contribution in [0.2, 0.25) is 0 Å². The van der Waals surface area contributed by atoms with Gasteiger partial charge in [0.25, 0.3) is 0 Å². The Hall–Kier alpha value is -7.04. The zero-order valence-electron chi connectivity index (χ0n) is 28.0. The molecule has 0 aliphatic heterocycles. The number of nitrogens with zero attached hydrogens (tertiary/aromatic N) is 4. The highest BCUT2D eigenvalue weighted by molar-refractivity contribution is 6.16. The molecule has 52 heavy (non-hydrogen) atoms. The summed E-state index contributed by atoms with van der Waals surface area (Å²) in [7, 11) is 0. The molecule has 0 unspecified atom stereocenters. The lowest BCUT2D eigenvalue weighted by Crippen LogP contribution is -1.96. The molecule has 7 aromatic carbocycles.